The normalized spacial score (nSPS) is 11.0. The predicted molar refractivity (Wildman–Crippen MR) is 95.9 cm³/mol. The Labute approximate surface area is 171 Å². The van der Waals surface area contributed by atoms with Gasteiger partial charge in [-0.2, -0.15) is 0 Å². The number of aromatic amines is 1. The summed E-state index contributed by atoms with van der Waals surface area (Å²) in [4.78, 5) is 4.25. The van der Waals surface area contributed by atoms with Crippen LogP contribution in [0.15, 0.2) is 48.5 Å². The Balaban J connectivity index is 0.000000237. The number of halogens is 3. The second-order valence-electron chi connectivity index (χ2n) is 5.89. The molecular weight excluding hydrogens is 552 g/mol. The summed E-state index contributed by atoms with van der Waals surface area (Å²) in [5, 5.41) is 3.01. The van der Waals surface area contributed by atoms with E-state index in [0.29, 0.717) is 13.0 Å². The van der Waals surface area contributed by atoms with Crippen molar-refractivity contribution in [3.05, 3.63) is 74.9 Å². The second-order valence-corrected chi connectivity index (χ2v) is 6.91. The zero-order valence-electron chi connectivity index (χ0n) is 15.4. The third-order valence-electron chi connectivity index (χ3n) is 3.82. The molecule has 0 bridgehead atoms. The molecular formula is C19H21F3N4OPt. The number of nitrogens with two attached hydrogens (primary N) is 1. The number of aryl methyl sites for hydroxylation is 1. The molecule has 0 saturated heterocycles. The van der Waals surface area contributed by atoms with E-state index in [4.69, 9.17) is 10.5 Å². The van der Waals surface area contributed by atoms with E-state index in [9.17, 15) is 13.2 Å². The van der Waals surface area contributed by atoms with Crippen molar-refractivity contribution in [3.63, 3.8) is 0 Å². The van der Waals surface area contributed by atoms with Crippen molar-refractivity contribution in [2.75, 3.05) is 7.11 Å². The quantitative estimate of drug-likeness (QED) is 0.502. The van der Waals surface area contributed by atoms with Gasteiger partial charge in [-0.25, -0.2) is 0 Å². The molecule has 9 heteroatoms. The topological polar surface area (TPSA) is 68.9 Å². The van der Waals surface area contributed by atoms with Gasteiger partial charge in [0.25, 0.3) is 0 Å². The van der Waals surface area contributed by atoms with Crippen molar-refractivity contribution >= 4 is 0 Å². The van der Waals surface area contributed by atoms with Crippen molar-refractivity contribution in [1.29, 1.82) is 0 Å². The Bertz CT molecular complexity index is 909. The summed E-state index contributed by atoms with van der Waals surface area (Å²) in [6.07, 6.45) is -3.81. The Hall–Kier alpha value is -2.18. The minimum atomic E-state index is -4.29. The molecule has 2 aromatic carbocycles. The summed E-state index contributed by atoms with van der Waals surface area (Å²) in [6.45, 7) is 0.587. The summed E-state index contributed by atoms with van der Waals surface area (Å²) in [5.41, 5.74) is 6.68. The average Bonchev–Trinajstić information content (AvgIpc) is 2.99. The van der Waals surface area contributed by atoms with Gasteiger partial charge in [-0.15, -0.1) is 0 Å². The zero-order chi connectivity index (χ0) is 20.7. The van der Waals surface area contributed by atoms with Gasteiger partial charge in [0.1, 0.15) is 5.75 Å². The van der Waals surface area contributed by atoms with Crippen LogP contribution >= 0.6 is 0 Å². The third kappa shape index (κ3) is 6.46. The number of aromatic nitrogens is 3. The monoisotopic (exact) mass is 573 g/mol. The van der Waals surface area contributed by atoms with Crippen LogP contribution in [0.2, 0.25) is 0 Å². The molecule has 0 fully saturated rings. The number of hydrogen-bond donors (Lipinski definition) is 2. The molecule has 1 aromatic heterocycles. The first-order chi connectivity index (χ1) is 13.2. The number of H-pyrrole nitrogens is 1. The molecule has 0 atom stereocenters. The van der Waals surface area contributed by atoms with Crippen molar-refractivity contribution in [2.24, 2.45) is 12.8 Å². The number of nitrogens with one attached hydrogen (secondary N) is 1. The number of alkyl halides is 3. The SMILES string of the molecule is COc1ccc(CN)cc1.Cn1[nH]c(Cc2ccc(C(F)(F)F)cc2)n[c]1=[Pt]. The van der Waals surface area contributed by atoms with Gasteiger partial charge in [-0.3, -0.25) is 0 Å². The fourth-order valence-corrected chi connectivity index (χ4v) is 2.72. The maximum atomic E-state index is 12.4. The van der Waals surface area contributed by atoms with Crippen LogP contribution in [0.4, 0.5) is 13.2 Å². The van der Waals surface area contributed by atoms with E-state index in [2.05, 4.69) is 29.4 Å². The number of rotatable bonds is 4. The van der Waals surface area contributed by atoms with Crippen LogP contribution in [-0.4, -0.2) is 21.9 Å². The summed E-state index contributed by atoms with van der Waals surface area (Å²) in [7, 11) is 3.48. The van der Waals surface area contributed by atoms with Crippen LogP contribution in [0.5, 0.6) is 5.75 Å². The molecule has 0 saturated carbocycles. The third-order valence-corrected chi connectivity index (χ3v) is 4.84. The fourth-order valence-electron chi connectivity index (χ4n) is 2.28. The molecule has 3 aromatic rings. The van der Waals surface area contributed by atoms with Crippen LogP contribution in [0.1, 0.15) is 22.5 Å². The number of ether oxygens (including phenoxy) is 1. The molecule has 0 spiro atoms. The predicted octanol–water partition coefficient (Wildman–Crippen LogP) is 3.59. The van der Waals surface area contributed by atoms with Crippen LogP contribution in [0.3, 0.4) is 0 Å². The van der Waals surface area contributed by atoms with Gasteiger partial charge < -0.3 is 10.5 Å². The average molecular weight is 573 g/mol. The van der Waals surface area contributed by atoms with Crippen LogP contribution < -0.4 is 10.5 Å². The second kappa shape index (κ2) is 9.84. The summed E-state index contributed by atoms with van der Waals surface area (Å²) >= 11 is 2.06. The first-order valence-corrected chi connectivity index (χ1v) is 9.43. The molecule has 28 heavy (non-hydrogen) atoms. The number of methoxy groups -OCH3 is 1. The van der Waals surface area contributed by atoms with E-state index in [1.165, 1.54) is 12.1 Å². The van der Waals surface area contributed by atoms with Crippen molar-refractivity contribution in [1.82, 2.24) is 14.8 Å². The van der Waals surface area contributed by atoms with Gasteiger partial charge in [0.05, 0.1) is 7.11 Å². The van der Waals surface area contributed by atoms with Gasteiger partial charge in [0, 0.05) is 6.54 Å². The Morgan fingerprint density at radius 1 is 1.07 bits per heavy atom. The van der Waals surface area contributed by atoms with E-state index >= 15 is 0 Å². The standard InChI is InChI=1S/C11H10F3N3.C8H11NO.Pt/c1-17-7-15-10(16-17)6-8-2-4-9(5-3-8)11(12,13)14;1-10-8-4-2-7(6-9)3-5-8;/h2-5H,6H2,1H3,(H,15,16);2-5H,6,9H2,1H3;. The van der Waals surface area contributed by atoms with E-state index < -0.39 is 11.7 Å². The van der Waals surface area contributed by atoms with Crippen LogP contribution in [0.25, 0.3) is 0 Å². The van der Waals surface area contributed by atoms with Crippen LogP contribution in [0, 0.1) is 3.80 Å². The molecule has 1 heterocycles. The molecule has 0 amide bonds. The van der Waals surface area contributed by atoms with Crippen molar-refractivity contribution < 1.29 is 37.3 Å². The minimum absolute atomic E-state index is 0.481. The molecule has 154 valence electrons. The van der Waals surface area contributed by atoms with Crippen LogP contribution in [-0.2, 0) is 45.5 Å². The molecule has 3 N–H and O–H groups in total. The van der Waals surface area contributed by atoms with Gasteiger partial charge in [0.15, 0.2) is 0 Å². The number of hydrogen-bond acceptors (Lipinski definition) is 3. The summed E-state index contributed by atoms with van der Waals surface area (Å²) < 4.78 is 44.7. The molecule has 5 nitrogen and oxygen atoms in total. The molecule has 0 aliphatic heterocycles. The van der Waals surface area contributed by atoms with E-state index in [0.717, 1.165) is 38.6 Å². The summed E-state index contributed by atoms with van der Waals surface area (Å²) in [5.74, 6) is 1.60. The number of benzene rings is 2. The fraction of sp³-hybridized carbons (Fsp3) is 0.263. The zero-order valence-corrected chi connectivity index (χ0v) is 17.6. The molecule has 0 unspecified atom stereocenters. The first kappa shape index (κ1) is 22.1. The number of nitrogens with zero attached hydrogens (tertiary/aromatic N) is 2. The van der Waals surface area contributed by atoms with Gasteiger partial charge in [-0.05, 0) is 17.7 Å². The Kier molecular flexibility index (Phi) is 7.77. The van der Waals surface area contributed by atoms with Crippen molar-refractivity contribution in [2.45, 2.75) is 19.1 Å². The first-order valence-electron chi connectivity index (χ1n) is 8.29. The maximum absolute atomic E-state index is 12.4. The van der Waals surface area contributed by atoms with Gasteiger partial charge >= 0.3 is 112 Å². The van der Waals surface area contributed by atoms with E-state index in [1.54, 1.807) is 11.8 Å². The summed E-state index contributed by atoms with van der Waals surface area (Å²) in [6, 6.07) is 12.8. The Morgan fingerprint density at radius 2 is 1.64 bits per heavy atom. The van der Waals surface area contributed by atoms with E-state index in [-0.39, 0.29) is 0 Å². The van der Waals surface area contributed by atoms with Gasteiger partial charge in [-0.1, -0.05) is 12.1 Å². The Morgan fingerprint density at radius 3 is 2.07 bits per heavy atom. The molecule has 3 rings (SSSR count). The molecule has 0 radical (unpaired) electrons. The van der Waals surface area contributed by atoms with E-state index in [1.807, 2.05) is 31.3 Å². The molecule has 0 aliphatic rings. The molecule has 0 aliphatic carbocycles. The van der Waals surface area contributed by atoms with Crippen molar-refractivity contribution in [3.8, 4) is 5.75 Å². The van der Waals surface area contributed by atoms with Gasteiger partial charge in [0.2, 0.25) is 0 Å².